The number of rotatable bonds is 7. The van der Waals surface area contributed by atoms with Gasteiger partial charge in [-0.25, -0.2) is 18.3 Å². The number of nitrogens with zero attached hydrogens (tertiary/aromatic N) is 3. The molecule has 5 nitrogen and oxygen atoms in total. The molecule has 1 aromatic carbocycles. The van der Waals surface area contributed by atoms with E-state index >= 15 is 0 Å². The van der Waals surface area contributed by atoms with Gasteiger partial charge < -0.3 is 10.1 Å². The van der Waals surface area contributed by atoms with Gasteiger partial charge in [0, 0.05) is 17.5 Å². The van der Waals surface area contributed by atoms with E-state index in [0.717, 1.165) is 37.3 Å². The fourth-order valence-corrected chi connectivity index (χ4v) is 4.82. The predicted octanol–water partition coefficient (Wildman–Crippen LogP) is 6.66. The van der Waals surface area contributed by atoms with Crippen molar-refractivity contribution >= 4 is 27.3 Å². The minimum absolute atomic E-state index is 0.000502. The Hall–Kier alpha value is -2.35. The van der Waals surface area contributed by atoms with Crippen molar-refractivity contribution < 1.29 is 13.5 Å². The van der Waals surface area contributed by atoms with Crippen LogP contribution in [0.2, 0.25) is 0 Å². The van der Waals surface area contributed by atoms with Gasteiger partial charge >= 0.3 is 0 Å². The fourth-order valence-electron chi connectivity index (χ4n) is 4.29. The molecule has 8 heteroatoms. The lowest BCUT2D eigenvalue weighted by atomic mass is 9.88. The van der Waals surface area contributed by atoms with Gasteiger partial charge in [0.25, 0.3) is 6.43 Å². The smallest absolute Gasteiger partial charge is 0.283 e. The maximum Gasteiger partial charge on any atom is 0.283 e. The van der Waals surface area contributed by atoms with Crippen LogP contribution >= 0.6 is 15.9 Å². The van der Waals surface area contributed by atoms with Crippen molar-refractivity contribution in [3.63, 3.8) is 0 Å². The molecule has 1 aliphatic rings. The molecule has 0 bridgehead atoms. The molecule has 1 N–H and O–H groups in total. The van der Waals surface area contributed by atoms with E-state index in [1.807, 2.05) is 32.0 Å². The molecule has 31 heavy (non-hydrogen) atoms. The first-order valence-electron chi connectivity index (χ1n) is 10.5. The molecule has 4 rings (SSSR count). The summed E-state index contributed by atoms with van der Waals surface area (Å²) >= 11 is 3.21. The molecule has 0 fully saturated rings. The third kappa shape index (κ3) is 4.22. The molecule has 0 spiro atoms. The first-order valence-corrected chi connectivity index (χ1v) is 11.3. The van der Waals surface area contributed by atoms with E-state index in [4.69, 9.17) is 10.1 Å². The molecular weight excluding hydrogens is 466 g/mol. The SMILES string of the molecule is CC(C)c1c(C(=N)CCCC2CCOc3ccccc32)cnc2c(Br)c(C(F)F)nn12. The summed E-state index contributed by atoms with van der Waals surface area (Å²) in [4.78, 5) is 4.34. The van der Waals surface area contributed by atoms with Crippen LogP contribution in [0, 0.1) is 5.41 Å². The molecule has 0 saturated heterocycles. The highest BCUT2D eigenvalue weighted by molar-refractivity contribution is 9.10. The molecule has 164 valence electrons. The topological polar surface area (TPSA) is 63.3 Å². The summed E-state index contributed by atoms with van der Waals surface area (Å²) < 4.78 is 34.1. The van der Waals surface area contributed by atoms with Crippen LogP contribution in [0.25, 0.3) is 5.65 Å². The summed E-state index contributed by atoms with van der Waals surface area (Å²) in [6.45, 7) is 4.67. The van der Waals surface area contributed by atoms with Gasteiger partial charge in [-0.2, -0.15) is 5.10 Å². The Morgan fingerprint density at radius 3 is 2.84 bits per heavy atom. The van der Waals surface area contributed by atoms with Crippen molar-refractivity contribution in [2.75, 3.05) is 6.61 Å². The molecule has 1 atom stereocenters. The van der Waals surface area contributed by atoms with Crippen LogP contribution in [0.5, 0.6) is 5.75 Å². The largest absolute Gasteiger partial charge is 0.493 e. The molecular formula is C23H25BrF2N4O. The lowest BCUT2D eigenvalue weighted by Gasteiger charge is -2.26. The highest BCUT2D eigenvalue weighted by atomic mass is 79.9. The van der Waals surface area contributed by atoms with Gasteiger partial charge in [-0.1, -0.05) is 32.0 Å². The summed E-state index contributed by atoms with van der Waals surface area (Å²) in [5.74, 6) is 1.39. The van der Waals surface area contributed by atoms with Gasteiger partial charge in [0.15, 0.2) is 5.65 Å². The molecule has 1 unspecified atom stereocenters. The van der Waals surface area contributed by atoms with E-state index in [9.17, 15) is 8.78 Å². The Kier molecular flexibility index (Phi) is 6.36. The number of hydrogen-bond donors (Lipinski definition) is 1. The predicted molar refractivity (Wildman–Crippen MR) is 120 cm³/mol. The minimum atomic E-state index is -2.69. The van der Waals surface area contributed by atoms with Crippen LogP contribution in [-0.2, 0) is 0 Å². The summed E-state index contributed by atoms with van der Waals surface area (Å²) in [7, 11) is 0. The Morgan fingerprint density at radius 2 is 2.10 bits per heavy atom. The summed E-state index contributed by atoms with van der Waals surface area (Å²) in [6.07, 6.45) is 2.33. The van der Waals surface area contributed by atoms with Gasteiger partial charge in [0.1, 0.15) is 11.4 Å². The van der Waals surface area contributed by atoms with Gasteiger partial charge in [0.2, 0.25) is 0 Å². The van der Waals surface area contributed by atoms with Crippen LogP contribution in [0.3, 0.4) is 0 Å². The second-order valence-electron chi connectivity index (χ2n) is 8.19. The molecule has 0 aliphatic carbocycles. The van der Waals surface area contributed by atoms with Crippen LogP contribution < -0.4 is 4.74 Å². The molecule has 0 saturated carbocycles. The van der Waals surface area contributed by atoms with Crippen LogP contribution in [0.4, 0.5) is 8.78 Å². The van der Waals surface area contributed by atoms with E-state index in [-0.39, 0.29) is 16.1 Å². The Balaban J connectivity index is 1.54. The number of ether oxygens (including phenoxy) is 1. The number of hydrogen-bond acceptors (Lipinski definition) is 4. The summed E-state index contributed by atoms with van der Waals surface area (Å²) in [5, 5.41) is 12.8. The van der Waals surface area contributed by atoms with Gasteiger partial charge in [0.05, 0.1) is 16.8 Å². The van der Waals surface area contributed by atoms with E-state index in [2.05, 4.69) is 32.1 Å². The van der Waals surface area contributed by atoms with Crippen molar-refractivity contribution in [3.05, 3.63) is 57.4 Å². The maximum absolute atomic E-state index is 13.3. The minimum Gasteiger partial charge on any atom is -0.493 e. The normalized spacial score (nSPS) is 16.0. The molecule has 1 aliphatic heterocycles. The first-order chi connectivity index (χ1) is 14.9. The first kappa shape index (κ1) is 21.9. The molecule has 0 radical (unpaired) electrons. The van der Waals surface area contributed by atoms with Crippen molar-refractivity contribution in [2.24, 2.45) is 0 Å². The standard InChI is InChI=1S/C23H25BrF2N4O/c1-13(2)21-16(12-28-23-19(24)20(22(25)26)29-30(21)23)17(27)8-5-6-14-10-11-31-18-9-4-3-7-15(14)18/h3-4,7,9,12-14,22,27H,5-6,8,10-11H2,1-2H3. The maximum atomic E-state index is 13.3. The number of alkyl halides is 2. The molecule has 0 amide bonds. The van der Waals surface area contributed by atoms with Crippen molar-refractivity contribution in [3.8, 4) is 5.75 Å². The zero-order valence-electron chi connectivity index (χ0n) is 17.5. The second kappa shape index (κ2) is 9.02. The number of halogens is 3. The third-order valence-corrected chi connectivity index (χ3v) is 6.55. The molecule has 3 aromatic rings. The van der Waals surface area contributed by atoms with Gasteiger partial charge in [-0.05, 0) is 65.1 Å². The third-order valence-electron chi connectivity index (χ3n) is 5.79. The number of fused-ring (bicyclic) bond motifs is 2. The van der Waals surface area contributed by atoms with E-state index < -0.39 is 6.43 Å². The van der Waals surface area contributed by atoms with E-state index in [0.29, 0.717) is 29.3 Å². The molecule has 2 aromatic heterocycles. The molecule has 3 heterocycles. The average Bonchev–Trinajstić information content (AvgIpc) is 3.10. The summed E-state index contributed by atoms with van der Waals surface area (Å²) in [6, 6.07) is 8.15. The van der Waals surface area contributed by atoms with E-state index in [1.165, 1.54) is 10.1 Å². The van der Waals surface area contributed by atoms with Gasteiger partial charge in [-0.15, -0.1) is 0 Å². The number of aromatic nitrogens is 3. The summed E-state index contributed by atoms with van der Waals surface area (Å²) in [5.41, 5.74) is 3.14. The highest BCUT2D eigenvalue weighted by Gasteiger charge is 2.25. The Bertz CT molecular complexity index is 1110. The lowest BCUT2D eigenvalue weighted by molar-refractivity contribution is 0.145. The van der Waals surface area contributed by atoms with Crippen molar-refractivity contribution in [2.45, 2.75) is 57.8 Å². The second-order valence-corrected chi connectivity index (χ2v) is 8.98. The number of benzene rings is 1. The van der Waals surface area contributed by atoms with Crippen LogP contribution in [0.15, 0.2) is 34.9 Å². The van der Waals surface area contributed by atoms with Crippen LogP contribution in [0.1, 0.15) is 80.3 Å². The fraction of sp³-hybridized carbons (Fsp3) is 0.435. The van der Waals surface area contributed by atoms with E-state index in [1.54, 1.807) is 6.20 Å². The average molecular weight is 491 g/mol. The zero-order valence-corrected chi connectivity index (χ0v) is 19.1. The Labute approximate surface area is 188 Å². The van der Waals surface area contributed by atoms with Crippen molar-refractivity contribution in [1.29, 1.82) is 5.41 Å². The number of para-hydroxylation sites is 1. The van der Waals surface area contributed by atoms with Crippen LogP contribution in [-0.4, -0.2) is 26.9 Å². The van der Waals surface area contributed by atoms with Crippen molar-refractivity contribution in [1.82, 2.24) is 14.6 Å². The Morgan fingerprint density at radius 1 is 1.32 bits per heavy atom. The lowest BCUT2D eigenvalue weighted by Crippen LogP contribution is -2.15. The quantitative estimate of drug-likeness (QED) is 0.376. The number of nitrogens with one attached hydrogen (secondary N) is 1. The highest BCUT2D eigenvalue weighted by Crippen LogP contribution is 2.37. The zero-order chi connectivity index (χ0) is 22.1. The van der Waals surface area contributed by atoms with Gasteiger partial charge in [-0.3, -0.25) is 0 Å². The monoisotopic (exact) mass is 490 g/mol.